The summed E-state index contributed by atoms with van der Waals surface area (Å²) < 4.78 is 5.29. The molecule has 1 aliphatic heterocycles. The quantitative estimate of drug-likeness (QED) is 0.537. The third-order valence-electron chi connectivity index (χ3n) is 5.75. The topological polar surface area (TPSA) is 76.7 Å². The van der Waals surface area contributed by atoms with E-state index in [-0.39, 0.29) is 5.91 Å². The minimum absolute atomic E-state index is 0.143. The van der Waals surface area contributed by atoms with Crippen molar-refractivity contribution in [3.8, 4) is 16.9 Å². The fourth-order valence-electron chi connectivity index (χ4n) is 3.76. The van der Waals surface area contributed by atoms with Gasteiger partial charge in [0.1, 0.15) is 5.75 Å². The Bertz CT molecular complexity index is 1160. The normalized spacial score (nSPS) is 18.0. The number of carbonyl (C=O) groups excluding carboxylic acids is 1. The Labute approximate surface area is 193 Å². The molecule has 5 nitrogen and oxygen atoms in total. The largest absolute Gasteiger partial charge is 0.497 e. The lowest BCUT2D eigenvalue weighted by Gasteiger charge is -2.30. The van der Waals surface area contributed by atoms with Gasteiger partial charge in [0.05, 0.1) is 12.6 Å². The van der Waals surface area contributed by atoms with Crippen molar-refractivity contribution in [3.63, 3.8) is 0 Å². The Morgan fingerprint density at radius 2 is 1.78 bits per heavy atom. The summed E-state index contributed by atoms with van der Waals surface area (Å²) in [6, 6.07) is 21.6. The van der Waals surface area contributed by atoms with Gasteiger partial charge in [0.25, 0.3) is 5.91 Å². The molecule has 0 fully saturated rings. The summed E-state index contributed by atoms with van der Waals surface area (Å²) in [5.74, 6) is 1.56. The minimum atomic E-state index is -0.443. The number of thioether (sulfide) groups is 1. The van der Waals surface area contributed by atoms with E-state index in [9.17, 15) is 4.79 Å². The summed E-state index contributed by atoms with van der Waals surface area (Å²) in [5.41, 5.74) is 11.1. The summed E-state index contributed by atoms with van der Waals surface area (Å²) >= 11 is 1.58. The molecule has 3 N–H and O–H groups in total. The number of aryl methyl sites for hydroxylation is 1. The molecule has 4 rings (SSSR count). The summed E-state index contributed by atoms with van der Waals surface area (Å²) in [7, 11) is 1.65. The lowest BCUT2D eigenvalue weighted by atomic mass is 9.87. The number of amides is 1. The Hall–Kier alpha value is -3.25. The number of ether oxygens (including phenoxy) is 1. The van der Waals surface area contributed by atoms with Gasteiger partial charge in [-0.25, -0.2) is 0 Å². The lowest BCUT2D eigenvalue weighted by Crippen LogP contribution is -2.29. The van der Waals surface area contributed by atoms with Gasteiger partial charge < -0.3 is 15.8 Å². The van der Waals surface area contributed by atoms with Crippen molar-refractivity contribution in [2.75, 3.05) is 18.2 Å². The average Bonchev–Trinajstić information content (AvgIpc) is 2.79. The number of nitrogens with one attached hydrogen (secondary N) is 1. The first kappa shape index (κ1) is 22.0. The zero-order valence-corrected chi connectivity index (χ0v) is 19.3. The second kappa shape index (κ2) is 9.09. The van der Waals surface area contributed by atoms with Crippen molar-refractivity contribution in [1.82, 2.24) is 0 Å². The maximum atomic E-state index is 12.9. The molecule has 164 valence electrons. The number of amidine groups is 1. The second-order valence-corrected chi connectivity index (χ2v) is 9.29. The van der Waals surface area contributed by atoms with E-state index in [4.69, 9.17) is 15.5 Å². The Morgan fingerprint density at radius 1 is 1.06 bits per heavy atom. The first-order valence-corrected chi connectivity index (χ1v) is 11.5. The number of anilines is 1. The number of methoxy groups -OCH3 is 1. The lowest BCUT2D eigenvalue weighted by molar-refractivity contribution is 0.102. The fourth-order valence-corrected chi connectivity index (χ4v) is 4.74. The molecule has 0 spiro atoms. The van der Waals surface area contributed by atoms with E-state index in [0.717, 1.165) is 45.9 Å². The van der Waals surface area contributed by atoms with Crippen LogP contribution in [-0.2, 0) is 5.54 Å². The highest BCUT2D eigenvalue weighted by Crippen LogP contribution is 2.38. The molecule has 0 aliphatic carbocycles. The molecule has 1 atom stereocenters. The summed E-state index contributed by atoms with van der Waals surface area (Å²) in [5, 5.41) is 3.67. The van der Waals surface area contributed by atoms with Crippen LogP contribution in [0.1, 0.15) is 34.8 Å². The average molecular weight is 446 g/mol. The number of nitrogens with two attached hydrogens (primary N) is 1. The first-order valence-electron chi connectivity index (χ1n) is 10.5. The number of carbonyl (C=O) groups is 1. The summed E-state index contributed by atoms with van der Waals surface area (Å²) in [6.45, 7) is 4.10. The molecule has 32 heavy (non-hydrogen) atoms. The van der Waals surface area contributed by atoms with Crippen LogP contribution in [-0.4, -0.2) is 23.9 Å². The SMILES string of the molecule is COc1ccc(-c2cc(NC(=O)c3ccc(C)cc3)cc(C3(C)CCSC(N)=N3)c2)cc1. The van der Waals surface area contributed by atoms with Gasteiger partial charge >= 0.3 is 0 Å². The van der Waals surface area contributed by atoms with Crippen molar-refractivity contribution in [2.45, 2.75) is 25.8 Å². The Morgan fingerprint density at radius 3 is 2.44 bits per heavy atom. The highest BCUT2D eigenvalue weighted by Gasteiger charge is 2.30. The second-order valence-electron chi connectivity index (χ2n) is 8.17. The van der Waals surface area contributed by atoms with E-state index in [1.807, 2.05) is 67.6 Å². The van der Waals surface area contributed by atoms with Gasteiger partial charge in [0.2, 0.25) is 0 Å². The van der Waals surface area contributed by atoms with Gasteiger partial charge in [-0.05, 0) is 79.4 Å². The standard InChI is InChI=1S/C26H27N3O2S/c1-17-4-6-19(7-5-17)24(30)28-22-15-20(18-8-10-23(31-3)11-9-18)14-21(16-22)26(2)12-13-32-25(27)29-26/h4-11,14-16H,12-13H2,1-3H3,(H2,27,29)(H,28,30). The molecule has 0 saturated heterocycles. The Kier molecular flexibility index (Phi) is 6.24. The number of hydrogen-bond acceptors (Lipinski definition) is 5. The van der Waals surface area contributed by atoms with Crippen LogP contribution in [0.4, 0.5) is 5.69 Å². The van der Waals surface area contributed by atoms with Gasteiger partial charge in [-0.2, -0.15) is 0 Å². The van der Waals surface area contributed by atoms with E-state index in [1.54, 1.807) is 18.9 Å². The zero-order valence-electron chi connectivity index (χ0n) is 18.5. The highest BCUT2D eigenvalue weighted by molar-refractivity contribution is 8.13. The molecule has 1 aliphatic rings. The van der Waals surface area contributed by atoms with Crippen molar-refractivity contribution in [3.05, 3.63) is 83.4 Å². The van der Waals surface area contributed by atoms with Crippen molar-refractivity contribution >= 4 is 28.5 Å². The number of nitrogens with zero attached hydrogens (tertiary/aromatic N) is 1. The molecule has 0 aromatic heterocycles. The maximum absolute atomic E-state index is 12.9. The van der Waals surface area contributed by atoms with E-state index in [0.29, 0.717) is 10.7 Å². The fraction of sp³-hybridized carbons (Fsp3) is 0.231. The molecule has 0 bridgehead atoms. The molecule has 0 saturated carbocycles. The summed E-state index contributed by atoms with van der Waals surface area (Å²) in [4.78, 5) is 17.7. The molecule has 3 aromatic carbocycles. The van der Waals surface area contributed by atoms with Gasteiger partial charge in [0, 0.05) is 17.0 Å². The number of hydrogen-bond donors (Lipinski definition) is 2. The molecular weight excluding hydrogens is 418 g/mol. The molecule has 1 amide bonds. The smallest absolute Gasteiger partial charge is 0.255 e. The van der Waals surface area contributed by atoms with Gasteiger partial charge in [-0.3, -0.25) is 9.79 Å². The highest BCUT2D eigenvalue weighted by atomic mass is 32.2. The van der Waals surface area contributed by atoms with Crippen LogP contribution in [0, 0.1) is 6.92 Å². The zero-order chi connectivity index (χ0) is 22.7. The monoisotopic (exact) mass is 445 g/mol. The van der Waals surface area contributed by atoms with Gasteiger partial charge in [-0.15, -0.1) is 0 Å². The van der Waals surface area contributed by atoms with E-state index in [2.05, 4.69) is 18.3 Å². The predicted molar refractivity (Wildman–Crippen MR) is 134 cm³/mol. The van der Waals surface area contributed by atoms with Crippen LogP contribution in [0.3, 0.4) is 0 Å². The van der Waals surface area contributed by atoms with Gasteiger partial charge in [0.15, 0.2) is 5.17 Å². The number of benzene rings is 3. The molecular formula is C26H27N3O2S. The summed E-state index contributed by atoms with van der Waals surface area (Å²) in [6.07, 6.45) is 0.871. The van der Waals surface area contributed by atoms with Crippen molar-refractivity contribution in [1.29, 1.82) is 0 Å². The van der Waals surface area contributed by atoms with Crippen LogP contribution in [0.15, 0.2) is 71.7 Å². The minimum Gasteiger partial charge on any atom is -0.497 e. The molecule has 1 heterocycles. The van der Waals surface area contributed by atoms with E-state index >= 15 is 0 Å². The van der Waals surface area contributed by atoms with Crippen LogP contribution in [0.5, 0.6) is 5.75 Å². The van der Waals surface area contributed by atoms with Crippen LogP contribution in [0.25, 0.3) is 11.1 Å². The number of rotatable bonds is 5. The van der Waals surface area contributed by atoms with Crippen LogP contribution >= 0.6 is 11.8 Å². The van der Waals surface area contributed by atoms with Crippen LogP contribution < -0.4 is 15.8 Å². The third-order valence-corrected chi connectivity index (χ3v) is 6.54. The maximum Gasteiger partial charge on any atom is 0.255 e. The molecule has 0 radical (unpaired) electrons. The van der Waals surface area contributed by atoms with Gasteiger partial charge in [-0.1, -0.05) is 41.6 Å². The van der Waals surface area contributed by atoms with Crippen molar-refractivity contribution in [2.24, 2.45) is 10.7 Å². The molecule has 3 aromatic rings. The third kappa shape index (κ3) is 4.81. The molecule has 1 unspecified atom stereocenters. The van der Waals surface area contributed by atoms with E-state index in [1.165, 1.54) is 0 Å². The first-order chi connectivity index (χ1) is 15.4. The number of aliphatic imine (C=N–C) groups is 1. The van der Waals surface area contributed by atoms with Crippen molar-refractivity contribution < 1.29 is 9.53 Å². The predicted octanol–water partition coefficient (Wildman–Crippen LogP) is 5.59. The molecule has 6 heteroatoms. The van der Waals surface area contributed by atoms with Crippen LogP contribution in [0.2, 0.25) is 0 Å². The van der Waals surface area contributed by atoms with E-state index < -0.39 is 5.54 Å². The Balaban J connectivity index is 1.75.